The van der Waals surface area contributed by atoms with Gasteiger partial charge in [-0.05, 0) is 54.9 Å². The largest absolute Gasteiger partial charge is 0.0654 e. The zero-order valence-corrected chi connectivity index (χ0v) is 15.9. The van der Waals surface area contributed by atoms with Crippen molar-refractivity contribution in [3.8, 4) is 0 Å². The highest BCUT2D eigenvalue weighted by molar-refractivity contribution is 9.10. The maximum absolute atomic E-state index is 3.80. The number of benzene rings is 1. The van der Waals surface area contributed by atoms with E-state index in [-0.39, 0.29) is 0 Å². The minimum absolute atomic E-state index is 1.17. The number of hydrogen-bond acceptors (Lipinski definition) is 0. The van der Waals surface area contributed by atoms with E-state index in [1.54, 1.807) is 11.1 Å². The molecule has 0 fully saturated rings. The van der Waals surface area contributed by atoms with Crippen LogP contribution in [0, 0.1) is 0 Å². The summed E-state index contributed by atoms with van der Waals surface area (Å²) in [5, 5.41) is 0. The van der Waals surface area contributed by atoms with Crippen molar-refractivity contribution in [2.75, 3.05) is 0 Å². The first-order valence-electron chi connectivity index (χ1n) is 9.03. The van der Waals surface area contributed by atoms with E-state index in [1.807, 2.05) is 0 Å². The molecule has 0 bridgehead atoms. The van der Waals surface area contributed by atoms with Crippen LogP contribution < -0.4 is 0 Å². The Kier molecular flexibility index (Phi) is 10.1. The van der Waals surface area contributed by atoms with Crippen LogP contribution in [0.5, 0.6) is 0 Å². The van der Waals surface area contributed by atoms with Crippen molar-refractivity contribution < 1.29 is 0 Å². The molecule has 120 valence electrons. The van der Waals surface area contributed by atoms with Crippen molar-refractivity contribution in [2.24, 2.45) is 0 Å². The van der Waals surface area contributed by atoms with Gasteiger partial charge < -0.3 is 0 Å². The summed E-state index contributed by atoms with van der Waals surface area (Å²) in [4.78, 5) is 0. The summed E-state index contributed by atoms with van der Waals surface area (Å²) in [5.74, 6) is 0. The van der Waals surface area contributed by atoms with E-state index in [2.05, 4.69) is 48.8 Å². The molecule has 1 heteroatoms. The molecule has 0 radical (unpaired) electrons. The molecule has 0 saturated carbocycles. The third-order valence-electron chi connectivity index (χ3n) is 4.35. The Labute approximate surface area is 140 Å². The molecule has 0 aliphatic carbocycles. The highest BCUT2D eigenvalue weighted by atomic mass is 79.9. The predicted molar refractivity (Wildman–Crippen MR) is 99.2 cm³/mol. The van der Waals surface area contributed by atoms with E-state index in [0.29, 0.717) is 0 Å². The zero-order chi connectivity index (χ0) is 15.5. The molecule has 1 rings (SSSR count). The molecule has 0 heterocycles. The molecule has 0 unspecified atom stereocenters. The lowest BCUT2D eigenvalue weighted by Crippen LogP contribution is -1.98. The molecule has 0 N–H and O–H groups in total. The lowest BCUT2D eigenvalue weighted by Gasteiger charge is -2.13. The zero-order valence-electron chi connectivity index (χ0n) is 14.3. The van der Waals surface area contributed by atoms with Crippen molar-refractivity contribution in [1.29, 1.82) is 0 Å². The van der Waals surface area contributed by atoms with Crippen molar-refractivity contribution in [1.82, 2.24) is 0 Å². The van der Waals surface area contributed by atoms with Crippen LogP contribution in [0.4, 0.5) is 0 Å². The summed E-state index contributed by atoms with van der Waals surface area (Å²) >= 11 is 3.80. The second-order valence-corrected chi connectivity index (χ2v) is 7.04. The van der Waals surface area contributed by atoms with Crippen LogP contribution in [-0.4, -0.2) is 0 Å². The van der Waals surface area contributed by atoms with Gasteiger partial charge in [-0.25, -0.2) is 0 Å². The monoisotopic (exact) mass is 352 g/mol. The summed E-state index contributed by atoms with van der Waals surface area (Å²) in [6.45, 7) is 6.85. The van der Waals surface area contributed by atoms with Crippen molar-refractivity contribution in [3.63, 3.8) is 0 Å². The van der Waals surface area contributed by atoms with E-state index in [0.717, 1.165) is 0 Å². The molecule has 0 aliphatic heterocycles. The van der Waals surface area contributed by atoms with Gasteiger partial charge in [0.1, 0.15) is 0 Å². The highest BCUT2D eigenvalue weighted by Crippen LogP contribution is 2.26. The summed E-state index contributed by atoms with van der Waals surface area (Å²) in [5.41, 5.74) is 4.65. The number of hydrogen-bond donors (Lipinski definition) is 0. The molecule has 21 heavy (non-hydrogen) atoms. The quantitative estimate of drug-likeness (QED) is 0.367. The van der Waals surface area contributed by atoms with Gasteiger partial charge in [-0.3, -0.25) is 0 Å². The molecular formula is C20H33Br. The molecular weight excluding hydrogens is 320 g/mol. The Morgan fingerprint density at radius 1 is 0.667 bits per heavy atom. The Morgan fingerprint density at radius 2 is 1.24 bits per heavy atom. The van der Waals surface area contributed by atoms with Gasteiger partial charge in [-0.1, -0.05) is 81.3 Å². The van der Waals surface area contributed by atoms with Crippen LogP contribution >= 0.6 is 15.9 Å². The predicted octanol–water partition coefficient (Wildman–Crippen LogP) is 7.26. The van der Waals surface area contributed by atoms with Gasteiger partial charge >= 0.3 is 0 Å². The molecule has 0 aromatic heterocycles. The minimum Gasteiger partial charge on any atom is -0.0654 e. The van der Waals surface area contributed by atoms with Gasteiger partial charge in [0.2, 0.25) is 0 Å². The van der Waals surface area contributed by atoms with Crippen LogP contribution in [0.15, 0.2) is 16.6 Å². The SMILES string of the molecule is CCCCCCc1cc(CC)c(CCCCCC)cc1Br. The number of rotatable bonds is 11. The fourth-order valence-corrected chi connectivity index (χ4v) is 3.54. The average molecular weight is 353 g/mol. The Morgan fingerprint density at radius 3 is 1.76 bits per heavy atom. The van der Waals surface area contributed by atoms with E-state index in [9.17, 15) is 0 Å². The number of aryl methyl sites for hydroxylation is 3. The Bertz CT molecular complexity index is 395. The van der Waals surface area contributed by atoms with Gasteiger partial charge in [-0.2, -0.15) is 0 Å². The normalized spacial score (nSPS) is 11.0. The third-order valence-corrected chi connectivity index (χ3v) is 5.09. The average Bonchev–Trinajstić information content (AvgIpc) is 2.49. The smallest absolute Gasteiger partial charge is 0.0210 e. The van der Waals surface area contributed by atoms with E-state index < -0.39 is 0 Å². The molecule has 0 aliphatic rings. The Balaban J connectivity index is 2.63. The topological polar surface area (TPSA) is 0 Å². The number of unbranched alkanes of at least 4 members (excludes halogenated alkanes) is 6. The molecule has 1 aromatic rings. The molecule has 0 atom stereocenters. The van der Waals surface area contributed by atoms with Crippen molar-refractivity contribution >= 4 is 15.9 Å². The van der Waals surface area contributed by atoms with Gasteiger partial charge in [0, 0.05) is 4.47 Å². The van der Waals surface area contributed by atoms with Gasteiger partial charge in [0.15, 0.2) is 0 Å². The first kappa shape index (κ1) is 18.7. The van der Waals surface area contributed by atoms with Crippen LogP contribution in [0.25, 0.3) is 0 Å². The minimum atomic E-state index is 1.17. The molecule has 0 saturated heterocycles. The highest BCUT2D eigenvalue weighted by Gasteiger charge is 2.07. The van der Waals surface area contributed by atoms with E-state index >= 15 is 0 Å². The van der Waals surface area contributed by atoms with E-state index in [1.165, 1.54) is 80.7 Å². The maximum Gasteiger partial charge on any atom is 0.0210 e. The summed E-state index contributed by atoms with van der Waals surface area (Å²) in [6, 6.07) is 4.87. The van der Waals surface area contributed by atoms with Crippen molar-refractivity contribution in [2.45, 2.75) is 91.4 Å². The molecule has 0 amide bonds. The second-order valence-electron chi connectivity index (χ2n) is 6.19. The summed E-state index contributed by atoms with van der Waals surface area (Å²) < 4.78 is 1.33. The van der Waals surface area contributed by atoms with Gasteiger partial charge in [0.25, 0.3) is 0 Å². The fraction of sp³-hybridized carbons (Fsp3) is 0.700. The van der Waals surface area contributed by atoms with E-state index in [4.69, 9.17) is 0 Å². The van der Waals surface area contributed by atoms with Crippen LogP contribution in [-0.2, 0) is 19.3 Å². The number of halogens is 1. The molecule has 1 aromatic carbocycles. The van der Waals surface area contributed by atoms with Crippen molar-refractivity contribution in [3.05, 3.63) is 33.3 Å². The summed E-state index contributed by atoms with van der Waals surface area (Å²) in [6.07, 6.45) is 14.4. The van der Waals surface area contributed by atoms with Crippen LogP contribution in [0.3, 0.4) is 0 Å². The molecule has 0 nitrogen and oxygen atoms in total. The van der Waals surface area contributed by atoms with Gasteiger partial charge in [0.05, 0.1) is 0 Å². The Hall–Kier alpha value is -0.300. The lowest BCUT2D eigenvalue weighted by atomic mass is 9.95. The fourth-order valence-electron chi connectivity index (χ4n) is 2.95. The first-order valence-corrected chi connectivity index (χ1v) is 9.82. The lowest BCUT2D eigenvalue weighted by molar-refractivity contribution is 0.660. The van der Waals surface area contributed by atoms with Gasteiger partial charge in [-0.15, -0.1) is 0 Å². The maximum atomic E-state index is 3.80. The third kappa shape index (κ3) is 7.00. The second kappa shape index (κ2) is 11.3. The molecule has 0 spiro atoms. The van der Waals surface area contributed by atoms with Crippen LogP contribution in [0.1, 0.15) is 88.8 Å². The van der Waals surface area contributed by atoms with Crippen LogP contribution in [0.2, 0.25) is 0 Å². The first-order chi connectivity index (χ1) is 10.2. The standard InChI is InChI=1S/C20H33Br/c1-4-7-9-11-13-18-16-20(21)19(15-17(18)6-3)14-12-10-8-5-2/h15-16H,4-14H2,1-3H3. The summed E-state index contributed by atoms with van der Waals surface area (Å²) in [7, 11) is 0.